The van der Waals surface area contributed by atoms with E-state index in [1.54, 1.807) is 6.92 Å². The number of carboxylic acids is 1. The van der Waals surface area contributed by atoms with Gasteiger partial charge in [0.15, 0.2) is 0 Å². The molecule has 208 valence electrons. The van der Waals surface area contributed by atoms with E-state index < -0.39 is 30.6 Å². The Morgan fingerprint density at radius 3 is 1.93 bits per heavy atom. The van der Waals surface area contributed by atoms with Crippen molar-refractivity contribution in [2.75, 3.05) is 13.2 Å². The molecule has 2 unspecified atom stereocenters. The number of nitrogens with zero attached hydrogens (tertiary/aromatic N) is 1. The van der Waals surface area contributed by atoms with Crippen LogP contribution in [0.15, 0.2) is 109 Å². The van der Waals surface area contributed by atoms with Crippen molar-refractivity contribution in [1.82, 2.24) is 10.2 Å². The van der Waals surface area contributed by atoms with E-state index >= 15 is 0 Å². The molecule has 41 heavy (non-hydrogen) atoms. The minimum atomic E-state index is -1.11. The second kappa shape index (κ2) is 12.5. The number of carboxylic acid groups (broad SMARTS) is 1. The molecule has 5 rings (SSSR count). The van der Waals surface area contributed by atoms with E-state index in [0.717, 1.165) is 33.4 Å². The summed E-state index contributed by atoms with van der Waals surface area (Å²) in [6.45, 7) is 1.53. The van der Waals surface area contributed by atoms with E-state index in [0.29, 0.717) is 0 Å². The Balaban J connectivity index is 1.33. The summed E-state index contributed by atoms with van der Waals surface area (Å²) in [5, 5.41) is 12.4. The molecule has 1 aliphatic rings. The van der Waals surface area contributed by atoms with E-state index in [2.05, 4.69) is 29.6 Å². The first-order valence-corrected chi connectivity index (χ1v) is 13.6. The summed E-state index contributed by atoms with van der Waals surface area (Å²) in [6.07, 6.45) is -0.645. The first kappa shape index (κ1) is 27.6. The Hall–Kier alpha value is -4.91. The summed E-state index contributed by atoms with van der Waals surface area (Å²) in [4.78, 5) is 39.9. The van der Waals surface area contributed by atoms with Crippen LogP contribution in [0.1, 0.15) is 41.1 Å². The van der Waals surface area contributed by atoms with Crippen LogP contribution < -0.4 is 5.32 Å². The lowest BCUT2D eigenvalue weighted by Crippen LogP contribution is -2.44. The van der Waals surface area contributed by atoms with Gasteiger partial charge in [0.25, 0.3) is 0 Å². The molecule has 0 aromatic heterocycles. The van der Waals surface area contributed by atoms with Gasteiger partial charge in [-0.2, -0.15) is 0 Å². The monoisotopic (exact) mass is 548 g/mol. The number of alkyl carbamates (subject to hydrolysis) is 1. The predicted octanol–water partition coefficient (Wildman–Crippen LogP) is 6.02. The second-order valence-electron chi connectivity index (χ2n) is 10.2. The Bertz CT molecular complexity index is 1480. The average Bonchev–Trinajstić information content (AvgIpc) is 3.32. The summed E-state index contributed by atoms with van der Waals surface area (Å²) >= 11 is 0. The number of rotatable bonds is 10. The SMILES string of the molecule is CC(C(=O)N(CC(=O)O)Cc1ccccc1)C(NC(=O)OCC1c2ccccc2-c2ccccc21)c1ccccc1. The minimum absolute atomic E-state index is 0.0979. The Labute approximate surface area is 239 Å². The number of fused-ring (bicyclic) bond motifs is 3. The third-order valence-corrected chi connectivity index (χ3v) is 7.52. The van der Waals surface area contributed by atoms with E-state index in [-0.39, 0.29) is 25.0 Å². The number of carbonyl (C=O) groups excluding carboxylic acids is 2. The lowest BCUT2D eigenvalue weighted by Gasteiger charge is -2.30. The first-order valence-electron chi connectivity index (χ1n) is 13.6. The lowest BCUT2D eigenvalue weighted by atomic mass is 9.93. The van der Waals surface area contributed by atoms with Gasteiger partial charge in [-0.15, -0.1) is 0 Å². The number of nitrogens with one attached hydrogen (secondary N) is 1. The standard InChI is InChI=1S/C34H32N2O5/c1-23(33(39)36(21-31(37)38)20-24-12-4-2-5-13-24)32(25-14-6-3-7-15-25)35-34(40)41-22-30-28-18-10-8-16-26(28)27-17-9-11-19-29(27)30/h2-19,23,30,32H,20-22H2,1H3,(H,35,40)(H,37,38). The molecule has 0 saturated heterocycles. The quantitative estimate of drug-likeness (QED) is 0.253. The zero-order chi connectivity index (χ0) is 28.8. The van der Waals surface area contributed by atoms with Crippen molar-refractivity contribution in [3.05, 3.63) is 131 Å². The van der Waals surface area contributed by atoms with Crippen molar-refractivity contribution in [1.29, 1.82) is 0 Å². The van der Waals surface area contributed by atoms with Gasteiger partial charge in [0.05, 0.1) is 12.0 Å². The van der Waals surface area contributed by atoms with Crippen LogP contribution in [0.2, 0.25) is 0 Å². The lowest BCUT2D eigenvalue weighted by molar-refractivity contribution is -0.147. The van der Waals surface area contributed by atoms with Gasteiger partial charge >= 0.3 is 12.1 Å². The molecule has 0 bridgehead atoms. The number of carbonyl (C=O) groups is 3. The van der Waals surface area contributed by atoms with Gasteiger partial charge in [0, 0.05) is 12.5 Å². The van der Waals surface area contributed by atoms with Gasteiger partial charge in [-0.1, -0.05) is 116 Å². The first-order chi connectivity index (χ1) is 19.9. The Morgan fingerprint density at radius 1 is 0.805 bits per heavy atom. The second-order valence-corrected chi connectivity index (χ2v) is 10.2. The molecule has 0 aliphatic heterocycles. The maximum atomic E-state index is 13.7. The number of aliphatic carboxylic acids is 1. The number of hydrogen-bond donors (Lipinski definition) is 2. The normalized spacial score (nSPS) is 13.4. The molecule has 4 aromatic rings. The average molecular weight is 549 g/mol. The van der Waals surface area contributed by atoms with E-state index in [1.165, 1.54) is 4.90 Å². The van der Waals surface area contributed by atoms with Crippen molar-refractivity contribution in [3.63, 3.8) is 0 Å². The molecular weight excluding hydrogens is 516 g/mol. The molecule has 0 saturated carbocycles. The highest BCUT2D eigenvalue weighted by Gasteiger charge is 2.33. The maximum Gasteiger partial charge on any atom is 0.407 e. The summed E-state index contributed by atoms with van der Waals surface area (Å²) < 4.78 is 5.77. The molecule has 1 aliphatic carbocycles. The number of hydrogen-bond acceptors (Lipinski definition) is 4. The van der Waals surface area contributed by atoms with Crippen LogP contribution in [0.5, 0.6) is 0 Å². The van der Waals surface area contributed by atoms with Crippen molar-refractivity contribution < 1.29 is 24.2 Å². The molecule has 0 spiro atoms. The third-order valence-electron chi connectivity index (χ3n) is 7.52. The van der Waals surface area contributed by atoms with Crippen LogP contribution in [0, 0.1) is 5.92 Å². The summed E-state index contributed by atoms with van der Waals surface area (Å²) in [6, 6.07) is 33.9. The predicted molar refractivity (Wildman–Crippen MR) is 156 cm³/mol. The molecular formula is C34H32N2O5. The fourth-order valence-corrected chi connectivity index (χ4v) is 5.53. The fraction of sp³-hybridized carbons (Fsp3) is 0.206. The third kappa shape index (κ3) is 6.30. The van der Waals surface area contributed by atoms with Crippen LogP contribution in [0.3, 0.4) is 0 Å². The molecule has 0 radical (unpaired) electrons. The van der Waals surface area contributed by atoms with Crippen molar-refractivity contribution in [2.45, 2.75) is 25.4 Å². The maximum absolute atomic E-state index is 13.7. The van der Waals surface area contributed by atoms with Gasteiger partial charge in [0.2, 0.25) is 5.91 Å². The molecule has 2 N–H and O–H groups in total. The molecule has 0 fully saturated rings. The number of benzene rings is 4. The van der Waals surface area contributed by atoms with Gasteiger partial charge in [-0.05, 0) is 33.4 Å². The smallest absolute Gasteiger partial charge is 0.407 e. The molecule has 2 amide bonds. The van der Waals surface area contributed by atoms with Crippen LogP contribution in [-0.2, 0) is 20.9 Å². The van der Waals surface area contributed by atoms with Crippen molar-refractivity contribution in [3.8, 4) is 11.1 Å². The van der Waals surface area contributed by atoms with Crippen LogP contribution in [0.25, 0.3) is 11.1 Å². The van der Waals surface area contributed by atoms with Gasteiger partial charge < -0.3 is 20.1 Å². The largest absolute Gasteiger partial charge is 0.480 e. The zero-order valence-electron chi connectivity index (χ0n) is 22.8. The highest BCUT2D eigenvalue weighted by atomic mass is 16.5. The number of ether oxygens (including phenoxy) is 1. The van der Waals surface area contributed by atoms with E-state index in [4.69, 9.17) is 4.74 Å². The Kier molecular flexibility index (Phi) is 8.44. The van der Waals surface area contributed by atoms with Crippen molar-refractivity contribution >= 4 is 18.0 Å². The molecule has 4 aromatic carbocycles. The van der Waals surface area contributed by atoms with E-state index in [1.807, 2.05) is 84.9 Å². The molecule has 7 nitrogen and oxygen atoms in total. The summed E-state index contributed by atoms with van der Waals surface area (Å²) in [5.41, 5.74) is 6.02. The fourth-order valence-electron chi connectivity index (χ4n) is 5.53. The topological polar surface area (TPSA) is 95.9 Å². The van der Waals surface area contributed by atoms with Crippen LogP contribution >= 0.6 is 0 Å². The molecule has 2 atom stereocenters. The molecule has 7 heteroatoms. The highest BCUT2D eigenvalue weighted by Crippen LogP contribution is 2.44. The van der Waals surface area contributed by atoms with E-state index in [9.17, 15) is 19.5 Å². The van der Waals surface area contributed by atoms with Crippen molar-refractivity contribution in [2.24, 2.45) is 5.92 Å². The van der Waals surface area contributed by atoms with Gasteiger partial charge in [0.1, 0.15) is 13.2 Å². The summed E-state index contributed by atoms with van der Waals surface area (Å²) in [5.74, 6) is -2.36. The van der Waals surface area contributed by atoms with Gasteiger partial charge in [-0.25, -0.2) is 4.79 Å². The Morgan fingerprint density at radius 2 is 1.34 bits per heavy atom. The van der Waals surface area contributed by atoms with Crippen LogP contribution in [-0.4, -0.2) is 41.1 Å². The summed E-state index contributed by atoms with van der Waals surface area (Å²) in [7, 11) is 0. The number of amides is 2. The highest BCUT2D eigenvalue weighted by molar-refractivity contribution is 5.84. The zero-order valence-corrected chi connectivity index (χ0v) is 22.8. The molecule has 0 heterocycles. The minimum Gasteiger partial charge on any atom is -0.480 e. The van der Waals surface area contributed by atoms with Crippen LogP contribution in [0.4, 0.5) is 4.79 Å². The van der Waals surface area contributed by atoms with Gasteiger partial charge in [-0.3, -0.25) is 9.59 Å².